The van der Waals surface area contributed by atoms with Gasteiger partial charge >= 0.3 is 0 Å². The Hall–Kier alpha value is -2.55. The topological polar surface area (TPSA) is 94.6 Å². The summed E-state index contributed by atoms with van der Waals surface area (Å²) < 4.78 is 0. The summed E-state index contributed by atoms with van der Waals surface area (Å²) in [4.78, 5) is 32.9. The van der Waals surface area contributed by atoms with Crippen LogP contribution in [-0.2, 0) is 16.1 Å². The molecule has 0 aliphatic carbocycles. The molecule has 1 saturated heterocycles. The molecule has 1 fully saturated rings. The number of rotatable bonds is 5. The number of carbonyl (C=O) groups excluding carboxylic acids is 2. The Balaban J connectivity index is 1.73. The summed E-state index contributed by atoms with van der Waals surface area (Å²) in [6, 6.07) is 6.65. The van der Waals surface area contributed by atoms with Gasteiger partial charge in [0, 0.05) is 35.9 Å². The molecule has 4 heterocycles. The molecule has 2 aliphatic rings. The van der Waals surface area contributed by atoms with E-state index in [1.165, 1.54) is 11.3 Å². The predicted octanol–water partition coefficient (Wildman–Crippen LogP) is 2.11. The van der Waals surface area contributed by atoms with E-state index in [4.69, 9.17) is 0 Å². The molecule has 7 nitrogen and oxygen atoms in total. The zero-order valence-corrected chi connectivity index (χ0v) is 16.4. The average molecular weight is 398 g/mol. The molecule has 1 amide bonds. The number of carbonyl (C=O) groups is 2. The molecule has 0 bridgehead atoms. The molecule has 3 N–H and O–H groups in total. The summed E-state index contributed by atoms with van der Waals surface area (Å²) in [5, 5.41) is 12.6. The Labute approximate surface area is 167 Å². The number of aliphatic hydroxyl groups excluding tert-OH is 1. The zero-order chi connectivity index (χ0) is 19.8. The second-order valence-corrected chi connectivity index (χ2v) is 8.21. The summed E-state index contributed by atoms with van der Waals surface area (Å²) in [6.45, 7) is 4.10. The number of hydrogen-bond donors (Lipinski definition) is 3. The lowest BCUT2D eigenvalue weighted by molar-refractivity contribution is -0.130. The second kappa shape index (κ2) is 7.46. The van der Waals surface area contributed by atoms with E-state index in [0.29, 0.717) is 0 Å². The van der Waals surface area contributed by atoms with Crippen molar-refractivity contribution in [3.8, 4) is 0 Å². The van der Waals surface area contributed by atoms with Crippen molar-refractivity contribution in [2.24, 2.45) is 5.92 Å². The number of pyridine rings is 1. The summed E-state index contributed by atoms with van der Waals surface area (Å²) in [7, 11) is 0. The maximum absolute atomic E-state index is 13.4. The van der Waals surface area contributed by atoms with Crippen molar-refractivity contribution in [2.45, 2.75) is 38.5 Å². The molecule has 28 heavy (non-hydrogen) atoms. The lowest BCUT2D eigenvalue weighted by Crippen LogP contribution is -2.35. The first-order chi connectivity index (χ1) is 13.5. The monoisotopic (exact) mass is 398 g/mol. The van der Waals surface area contributed by atoms with Crippen LogP contribution in [0.25, 0.3) is 0 Å². The highest BCUT2D eigenvalue weighted by atomic mass is 32.1. The van der Waals surface area contributed by atoms with Gasteiger partial charge in [-0.3, -0.25) is 25.4 Å². The molecule has 4 rings (SSSR count). The van der Waals surface area contributed by atoms with Crippen LogP contribution in [0.4, 0.5) is 0 Å². The number of aromatic nitrogens is 1. The fraction of sp³-hybridized carbons (Fsp3) is 0.350. The highest BCUT2D eigenvalue weighted by molar-refractivity contribution is 7.10. The summed E-state index contributed by atoms with van der Waals surface area (Å²) in [6.07, 6.45) is 3.35. The Bertz CT molecular complexity index is 903. The first kappa shape index (κ1) is 18.8. The number of Topliss-reactive ketones (excluding diaryl/α,β-unsaturated/α-hetero) is 1. The van der Waals surface area contributed by atoms with Crippen molar-refractivity contribution in [3.63, 3.8) is 0 Å². The number of hydrazine groups is 1. The zero-order valence-electron chi connectivity index (χ0n) is 15.6. The molecule has 146 valence electrons. The number of ketones is 1. The third kappa shape index (κ3) is 3.13. The van der Waals surface area contributed by atoms with E-state index in [-0.39, 0.29) is 35.9 Å². The van der Waals surface area contributed by atoms with E-state index in [0.717, 1.165) is 10.4 Å². The quantitative estimate of drug-likeness (QED) is 0.714. The molecule has 3 atom stereocenters. The Morgan fingerprint density at radius 2 is 2.00 bits per heavy atom. The maximum Gasteiger partial charge on any atom is 0.290 e. The van der Waals surface area contributed by atoms with Crippen LogP contribution in [0.1, 0.15) is 30.3 Å². The first-order valence-corrected chi connectivity index (χ1v) is 10.1. The van der Waals surface area contributed by atoms with Crippen LogP contribution in [0.3, 0.4) is 0 Å². The highest BCUT2D eigenvalue weighted by Gasteiger charge is 2.48. The third-order valence-corrected chi connectivity index (χ3v) is 6.30. The molecule has 3 unspecified atom stereocenters. The number of aliphatic hydroxyl groups is 1. The van der Waals surface area contributed by atoms with Gasteiger partial charge in [-0.15, -0.1) is 11.3 Å². The average Bonchev–Trinajstić information content (AvgIpc) is 3.38. The van der Waals surface area contributed by atoms with E-state index >= 15 is 0 Å². The van der Waals surface area contributed by atoms with Gasteiger partial charge in [0.05, 0.1) is 17.5 Å². The van der Waals surface area contributed by atoms with Crippen LogP contribution in [0.2, 0.25) is 0 Å². The van der Waals surface area contributed by atoms with Gasteiger partial charge in [0.2, 0.25) is 0 Å². The van der Waals surface area contributed by atoms with Crippen LogP contribution in [0.15, 0.2) is 53.4 Å². The van der Waals surface area contributed by atoms with Gasteiger partial charge in [-0.05, 0) is 36.9 Å². The van der Waals surface area contributed by atoms with Gasteiger partial charge < -0.3 is 10.0 Å². The van der Waals surface area contributed by atoms with Crippen molar-refractivity contribution in [2.75, 3.05) is 0 Å². The normalized spacial score (nSPS) is 27.6. The van der Waals surface area contributed by atoms with Crippen LogP contribution < -0.4 is 10.9 Å². The molecule has 2 aliphatic heterocycles. The van der Waals surface area contributed by atoms with Gasteiger partial charge in [-0.2, -0.15) is 0 Å². The van der Waals surface area contributed by atoms with Crippen LogP contribution >= 0.6 is 11.3 Å². The van der Waals surface area contributed by atoms with Crippen LogP contribution in [0, 0.1) is 5.92 Å². The molecular formula is C20H22N4O3S. The number of thiophene rings is 1. The first-order valence-electron chi connectivity index (χ1n) is 9.20. The minimum atomic E-state index is -0.597. The van der Waals surface area contributed by atoms with E-state index in [9.17, 15) is 14.7 Å². The van der Waals surface area contributed by atoms with Crippen molar-refractivity contribution in [1.29, 1.82) is 0 Å². The lowest BCUT2D eigenvalue weighted by atomic mass is 9.85. The van der Waals surface area contributed by atoms with Gasteiger partial charge in [0.1, 0.15) is 0 Å². The highest BCUT2D eigenvalue weighted by Crippen LogP contribution is 2.42. The molecule has 0 spiro atoms. The molecular weight excluding hydrogens is 376 g/mol. The van der Waals surface area contributed by atoms with Gasteiger partial charge in [0.25, 0.3) is 5.91 Å². The number of nitrogens with one attached hydrogen (secondary N) is 2. The lowest BCUT2D eigenvalue weighted by Gasteiger charge is -2.27. The van der Waals surface area contributed by atoms with Crippen molar-refractivity contribution in [1.82, 2.24) is 20.7 Å². The van der Waals surface area contributed by atoms with E-state index in [2.05, 4.69) is 15.8 Å². The largest absolute Gasteiger partial charge is 0.503 e. The van der Waals surface area contributed by atoms with Crippen LogP contribution in [-0.4, -0.2) is 38.8 Å². The standard InChI is InChI=1S/C20H22N4O3S/c1-11-15(12(2)23-22-11)18(25)16-17(14-6-4-8-28-14)24(20(27)19(16)26)10-13-5-3-7-21-9-13/h3-9,11-12,15,17,22-23,26H,10H2,1-2H3. The second-order valence-electron chi connectivity index (χ2n) is 7.23. The summed E-state index contributed by atoms with van der Waals surface area (Å²) in [5.74, 6) is -1.54. The van der Waals surface area contributed by atoms with Crippen molar-refractivity contribution in [3.05, 3.63) is 63.8 Å². The molecule has 0 saturated carbocycles. The van der Waals surface area contributed by atoms with E-state index in [1.54, 1.807) is 23.4 Å². The third-order valence-electron chi connectivity index (χ3n) is 5.38. The Morgan fingerprint density at radius 3 is 2.61 bits per heavy atom. The molecule has 2 aromatic rings. The molecule has 0 radical (unpaired) electrons. The predicted molar refractivity (Wildman–Crippen MR) is 105 cm³/mol. The Morgan fingerprint density at radius 1 is 1.25 bits per heavy atom. The van der Waals surface area contributed by atoms with Gasteiger partial charge in [0.15, 0.2) is 11.5 Å². The fourth-order valence-electron chi connectivity index (χ4n) is 4.01. The number of amides is 1. The molecule has 2 aromatic heterocycles. The SMILES string of the molecule is CC1NNC(C)C1C(=O)C1=C(O)C(=O)N(Cc2cccnc2)C1c1cccs1. The summed E-state index contributed by atoms with van der Waals surface area (Å²) >= 11 is 1.47. The minimum absolute atomic E-state index is 0.103. The summed E-state index contributed by atoms with van der Waals surface area (Å²) in [5.41, 5.74) is 7.17. The minimum Gasteiger partial charge on any atom is -0.503 e. The fourth-order valence-corrected chi connectivity index (χ4v) is 4.85. The van der Waals surface area contributed by atoms with E-state index < -0.39 is 17.7 Å². The number of nitrogens with zero attached hydrogens (tertiary/aromatic N) is 2. The van der Waals surface area contributed by atoms with E-state index in [1.807, 2.05) is 37.4 Å². The maximum atomic E-state index is 13.4. The van der Waals surface area contributed by atoms with Gasteiger partial charge in [-0.1, -0.05) is 12.1 Å². The number of hydrogen-bond acceptors (Lipinski definition) is 7. The Kier molecular flexibility index (Phi) is 5.01. The van der Waals surface area contributed by atoms with Gasteiger partial charge in [-0.25, -0.2) is 0 Å². The van der Waals surface area contributed by atoms with Crippen molar-refractivity contribution >= 4 is 23.0 Å². The van der Waals surface area contributed by atoms with Crippen molar-refractivity contribution < 1.29 is 14.7 Å². The molecule has 0 aromatic carbocycles. The molecule has 8 heteroatoms. The van der Waals surface area contributed by atoms with Crippen LogP contribution in [0.5, 0.6) is 0 Å². The smallest absolute Gasteiger partial charge is 0.290 e.